The van der Waals surface area contributed by atoms with Crippen molar-refractivity contribution in [1.82, 2.24) is 15.4 Å². The van der Waals surface area contributed by atoms with Gasteiger partial charge in [0.05, 0.1) is 12.6 Å². The van der Waals surface area contributed by atoms with Crippen LogP contribution in [0.15, 0.2) is 4.99 Å². The zero-order valence-electron chi connectivity index (χ0n) is 12.6. The summed E-state index contributed by atoms with van der Waals surface area (Å²) in [6.07, 6.45) is 2.45. The van der Waals surface area contributed by atoms with E-state index >= 15 is 0 Å². The van der Waals surface area contributed by atoms with Gasteiger partial charge in [0.2, 0.25) is 11.8 Å². The molecule has 0 aromatic rings. The number of amides is 2. The number of nitrogens with zero attached hydrogens (tertiary/aromatic N) is 1. The third-order valence-electron chi connectivity index (χ3n) is 2.94. The molecule has 2 atom stereocenters. The van der Waals surface area contributed by atoms with Crippen molar-refractivity contribution in [3.05, 3.63) is 0 Å². The quantitative estimate of drug-likeness (QED) is 0.120. The fourth-order valence-electron chi connectivity index (χ4n) is 1.65. The first-order chi connectivity index (χ1) is 9.92. The van der Waals surface area contributed by atoms with Crippen molar-refractivity contribution in [2.75, 3.05) is 20.1 Å². The van der Waals surface area contributed by atoms with Gasteiger partial charge in [0, 0.05) is 6.54 Å². The van der Waals surface area contributed by atoms with Crippen molar-refractivity contribution in [3.63, 3.8) is 0 Å². The van der Waals surface area contributed by atoms with Crippen LogP contribution in [0.5, 0.6) is 0 Å². The first-order valence-electron chi connectivity index (χ1n) is 6.85. The molecule has 2 amide bonds. The first-order valence-corrected chi connectivity index (χ1v) is 7.30. The second-order valence-corrected chi connectivity index (χ2v) is 4.97. The van der Waals surface area contributed by atoms with Gasteiger partial charge < -0.3 is 22.1 Å². The Bertz CT molecular complexity index is 364. The van der Waals surface area contributed by atoms with E-state index < -0.39 is 11.9 Å². The van der Waals surface area contributed by atoms with E-state index in [0.29, 0.717) is 12.4 Å². The third kappa shape index (κ3) is 9.27. The van der Waals surface area contributed by atoms with Crippen LogP contribution in [0.2, 0.25) is 0 Å². The molecule has 0 spiro atoms. The van der Waals surface area contributed by atoms with Gasteiger partial charge in [-0.05, 0) is 33.2 Å². The first kappa shape index (κ1) is 19.7. The maximum absolute atomic E-state index is 11.2. The molecule has 21 heavy (non-hydrogen) atoms. The predicted octanol–water partition coefficient (Wildman–Crippen LogP) is -1.47. The van der Waals surface area contributed by atoms with Gasteiger partial charge in [-0.1, -0.05) is 12.8 Å². The number of hydrogen-bond donors (Lipinski definition) is 6. The highest BCUT2D eigenvalue weighted by Gasteiger charge is 2.14. The number of amidine groups is 1. The molecule has 0 aromatic carbocycles. The lowest BCUT2D eigenvalue weighted by Gasteiger charge is -2.16. The lowest BCUT2D eigenvalue weighted by atomic mass is 10.1. The Labute approximate surface area is 131 Å². The van der Waals surface area contributed by atoms with Gasteiger partial charge >= 0.3 is 0 Å². The summed E-state index contributed by atoms with van der Waals surface area (Å²) < 4.78 is 2.48. The second-order valence-electron chi connectivity index (χ2n) is 4.65. The molecule has 0 saturated carbocycles. The molecule has 0 bridgehead atoms. The zero-order chi connectivity index (χ0) is 16.3. The Hall–Kier alpha value is -1.32. The lowest BCUT2D eigenvalue weighted by Crippen LogP contribution is -2.41. The van der Waals surface area contributed by atoms with Gasteiger partial charge in [0.25, 0.3) is 0 Å². The monoisotopic (exact) mass is 318 g/mol. The van der Waals surface area contributed by atoms with E-state index in [1.165, 1.54) is 0 Å². The molecule has 122 valence electrons. The molecule has 7 N–H and O–H groups in total. The molecule has 9 heteroatoms. The van der Waals surface area contributed by atoms with Crippen LogP contribution in [0.4, 0.5) is 0 Å². The normalized spacial score (nSPS) is 14.5. The van der Waals surface area contributed by atoms with E-state index in [1.54, 1.807) is 14.0 Å². The number of thiol groups is 1. The SMILES string of the molecule is CNC(CCCCNC(=O)CNS)C(N)=NC(C)C(N)=O. The smallest absolute Gasteiger partial charge is 0.242 e. The topological polar surface area (TPSA) is 135 Å². The number of carbonyl (C=O) groups excluding carboxylic acids is 2. The van der Waals surface area contributed by atoms with Crippen LogP contribution in [0, 0.1) is 0 Å². The maximum atomic E-state index is 11.2. The number of primary amides is 1. The van der Waals surface area contributed by atoms with Crippen LogP contribution in [0.1, 0.15) is 26.2 Å². The summed E-state index contributed by atoms with van der Waals surface area (Å²) in [5, 5.41) is 5.81. The number of unbranched alkanes of at least 4 members (excludes halogenated alkanes) is 1. The molecule has 8 nitrogen and oxygen atoms in total. The van der Waals surface area contributed by atoms with Crippen molar-refractivity contribution in [2.24, 2.45) is 16.5 Å². The third-order valence-corrected chi connectivity index (χ3v) is 3.10. The lowest BCUT2D eigenvalue weighted by molar-refractivity contribution is -0.120. The van der Waals surface area contributed by atoms with Gasteiger partial charge in [-0.25, -0.2) is 0 Å². The predicted molar refractivity (Wildman–Crippen MR) is 87.0 cm³/mol. The summed E-state index contributed by atoms with van der Waals surface area (Å²) in [5.74, 6) is -0.230. The van der Waals surface area contributed by atoms with E-state index in [-0.39, 0.29) is 18.5 Å². The van der Waals surface area contributed by atoms with Gasteiger partial charge in [-0.3, -0.25) is 19.3 Å². The van der Waals surface area contributed by atoms with Crippen LogP contribution >= 0.6 is 12.8 Å². The van der Waals surface area contributed by atoms with E-state index in [9.17, 15) is 9.59 Å². The van der Waals surface area contributed by atoms with Crippen LogP contribution in [-0.4, -0.2) is 49.9 Å². The minimum atomic E-state index is -0.631. The van der Waals surface area contributed by atoms with Crippen molar-refractivity contribution < 1.29 is 9.59 Å². The van der Waals surface area contributed by atoms with Crippen LogP contribution in [0.3, 0.4) is 0 Å². The molecule has 0 aromatic heterocycles. The Morgan fingerprint density at radius 1 is 1.29 bits per heavy atom. The Balaban J connectivity index is 4.05. The minimum Gasteiger partial charge on any atom is -0.386 e. The fraction of sp³-hybridized carbons (Fsp3) is 0.750. The Kier molecular flexibility index (Phi) is 10.6. The van der Waals surface area contributed by atoms with Crippen LogP contribution in [0.25, 0.3) is 0 Å². The molecular formula is C12H26N6O2S. The van der Waals surface area contributed by atoms with Gasteiger partial charge in [-0.15, -0.1) is 0 Å². The summed E-state index contributed by atoms with van der Waals surface area (Å²) in [7, 11) is 1.78. The summed E-state index contributed by atoms with van der Waals surface area (Å²) in [6, 6.07) is -0.740. The number of hydrogen-bond acceptors (Lipinski definition) is 6. The number of nitrogens with one attached hydrogen (secondary N) is 3. The van der Waals surface area contributed by atoms with Crippen LogP contribution in [-0.2, 0) is 9.59 Å². The van der Waals surface area contributed by atoms with Crippen LogP contribution < -0.4 is 26.8 Å². The van der Waals surface area contributed by atoms with E-state index in [0.717, 1.165) is 19.3 Å². The fourth-order valence-corrected chi connectivity index (χ4v) is 1.80. The number of nitrogens with two attached hydrogens (primary N) is 2. The Morgan fingerprint density at radius 3 is 2.48 bits per heavy atom. The number of rotatable bonds is 11. The Morgan fingerprint density at radius 2 is 1.95 bits per heavy atom. The molecule has 0 fully saturated rings. The van der Waals surface area contributed by atoms with Gasteiger partial charge in [0.1, 0.15) is 11.9 Å². The molecule has 0 aliphatic heterocycles. The van der Waals surface area contributed by atoms with Gasteiger partial charge in [-0.2, -0.15) is 0 Å². The van der Waals surface area contributed by atoms with E-state index in [4.69, 9.17) is 11.5 Å². The average Bonchev–Trinajstić information content (AvgIpc) is 2.42. The van der Waals surface area contributed by atoms with Crippen molar-refractivity contribution >= 4 is 30.5 Å². The molecule has 0 aliphatic rings. The van der Waals surface area contributed by atoms with Crippen molar-refractivity contribution in [3.8, 4) is 0 Å². The summed E-state index contributed by atoms with van der Waals surface area (Å²) >= 11 is 3.75. The largest absolute Gasteiger partial charge is 0.386 e. The van der Waals surface area contributed by atoms with E-state index in [2.05, 4.69) is 33.2 Å². The summed E-state index contributed by atoms with van der Waals surface area (Å²) in [4.78, 5) is 26.2. The highest BCUT2D eigenvalue weighted by molar-refractivity contribution is 7.78. The standard InChI is InChI=1S/C12H26N6O2S/c1-8(12(14)20)18-11(13)9(15-2)5-3-4-6-16-10(19)7-17-21/h8-9,15,17,21H,3-7H2,1-2H3,(H2,13,18)(H2,14,20)(H,16,19). The number of aliphatic imine (C=N–C) groups is 1. The molecule has 0 aliphatic carbocycles. The summed E-state index contributed by atoms with van der Waals surface area (Å²) in [5.41, 5.74) is 11.0. The average molecular weight is 318 g/mol. The van der Waals surface area contributed by atoms with Crippen molar-refractivity contribution in [2.45, 2.75) is 38.3 Å². The highest BCUT2D eigenvalue weighted by atomic mass is 32.1. The maximum Gasteiger partial charge on any atom is 0.242 e. The molecular weight excluding hydrogens is 292 g/mol. The molecule has 0 saturated heterocycles. The molecule has 0 heterocycles. The molecule has 2 unspecified atom stereocenters. The van der Waals surface area contributed by atoms with Gasteiger partial charge in [0.15, 0.2) is 0 Å². The number of carbonyl (C=O) groups is 2. The molecule has 0 rings (SSSR count). The minimum absolute atomic E-state index is 0.0912. The van der Waals surface area contributed by atoms with Crippen molar-refractivity contribution in [1.29, 1.82) is 0 Å². The zero-order valence-corrected chi connectivity index (χ0v) is 13.5. The molecule has 0 radical (unpaired) electrons. The highest BCUT2D eigenvalue weighted by Crippen LogP contribution is 2.02. The van der Waals surface area contributed by atoms with E-state index in [1.807, 2.05) is 0 Å². The number of likely N-dealkylation sites (N-methyl/N-ethyl adjacent to an activating group) is 1. The second kappa shape index (κ2) is 11.4. The summed E-state index contributed by atoms with van der Waals surface area (Å²) in [6.45, 7) is 2.39.